The number of nitrogens with zero attached hydrogens (tertiary/aromatic N) is 4. The average Bonchev–Trinajstić information content (AvgIpc) is 3.17. The number of guanidine groups is 1. The fraction of sp³-hybridized carbons (Fsp3) is 0.636. The smallest absolute Gasteiger partial charge is 0.222 e. The highest BCUT2D eigenvalue weighted by molar-refractivity contribution is 14.0. The van der Waals surface area contributed by atoms with Crippen LogP contribution >= 0.6 is 24.0 Å². The molecule has 2 aliphatic rings. The highest BCUT2D eigenvalue weighted by atomic mass is 127. The molecule has 2 aliphatic heterocycles. The van der Waals surface area contributed by atoms with Gasteiger partial charge >= 0.3 is 0 Å². The number of rotatable bonds is 9. The zero-order chi connectivity index (χ0) is 21.2. The number of halogens is 2. The molecule has 1 aromatic rings. The molecule has 9 heteroatoms. The second-order valence-electron chi connectivity index (χ2n) is 7.83. The Balaban J connectivity index is 0.00000341. The van der Waals surface area contributed by atoms with Crippen LogP contribution in [0.4, 0.5) is 10.1 Å². The third-order valence-corrected chi connectivity index (χ3v) is 5.66. The summed E-state index contributed by atoms with van der Waals surface area (Å²) in [5.41, 5.74) is 1.09. The molecule has 0 radical (unpaired) electrons. The van der Waals surface area contributed by atoms with Crippen LogP contribution in [0.2, 0.25) is 0 Å². The van der Waals surface area contributed by atoms with E-state index in [0.29, 0.717) is 6.42 Å². The number of anilines is 1. The Morgan fingerprint density at radius 2 is 1.81 bits per heavy atom. The molecule has 1 amide bonds. The van der Waals surface area contributed by atoms with E-state index in [1.54, 1.807) is 0 Å². The Morgan fingerprint density at radius 1 is 1.06 bits per heavy atom. The zero-order valence-corrected chi connectivity index (χ0v) is 20.8. The number of carbonyl (C=O) groups excluding carboxylic acids is 1. The molecule has 2 heterocycles. The number of carbonyl (C=O) groups is 1. The SMILES string of the molecule is CCNC(=NCCCN1CCCC1=O)NCCN1CCN(c2ccc(F)cc2)CC1.I. The van der Waals surface area contributed by atoms with E-state index < -0.39 is 0 Å². The molecule has 0 spiro atoms. The van der Waals surface area contributed by atoms with E-state index in [4.69, 9.17) is 0 Å². The molecular weight excluding hydrogens is 510 g/mol. The molecule has 0 bridgehead atoms. The molecule has 2 fully saturated rings. The molecule has 2 saturated heterocycles. The second-order valence-corrected chi connectivity index (χ2v) is 7.83. The van der Waals surface area contributed by atoms with Gasteiger partial charge in [-0.2, -0.15) is 0 Å². The van der Waals surface area contributed by atoms with Crippen molar-refractivity contribution in [2.45, 2.75) is 26.2 Å². The Bertz CT molecular complexity index is 694. The highest BCUT2D eigenvalue weighted by Gasteiger charge is 2.19. The number of likely N-dealkylation sites (tertiary alicyclic amines) is 1. The van der Waals surface area contributed by atoms with Crippen LogP contribution in [-0.4, -0.2) is 87.1 Å². The van der Waals surface area contributed by atoms with Crippen LogP contribution in [0.5, 0.6) is 0 Å². The molecule has 7 nitrogen and oxygen atoms in total. The van der Waals surface area contributed by atoms with Crippen molar-refractivity contribution in [2.75, 3.05) is 70.3 Å². The summed E-state index contributed by atoms with van der Waals surface area (Å²) >= 11 is 0. The maximum Gasteiger partial charge on any atom is 0.222 e. The van der Waals surface area contributed by atoms with Crippen molar-refractivity contribution in [2.24, 2.45) is 4.99 Å². The monoisotopic (exact) mass is 546 g/mol. The van der Waals surface area contributed by atoms with Crippen LogP contribution < -0.4 is 15.5 Å². The maximum atomic E-state index is 13.1. The molecular formula is C22H36FIN6O. The minimum atomic E-state index is -0.189. The van der Waals surface area contributed by atoms with Gasteiger partial charge in [-0.15, -0.1) is 24.0 Å². The van der Waals surface area contributed by atoms with Crippen molar-refractivity contribution in [1.29, 1.82) is 0 Å². The molecule has 0 aliphatic carbocycles. The van der Waals surface area contributed by atoms with Crippen LogP contribution in [-0.2, 0) is 4.79 Å². The van der Waals surface area contributed by atoms with Crippen LogP contribution in [0.25, 0.3) is 0 Å². The molecule has 0 unspecified atom stereocenters. The van der Waals surface area contributed by atoms with Gasteiger partial charge in [-0.1, -0.05) is 0 Å². The Labute approximate surface area is 202 Å². The number of nitrogens with one attached hydrogen (secondary N) is 2. The summed E-state index contributed by atoms with van der Waals surface area (Å²) in [6, 6.07) is 6.75. The van der Waals surface area contributed by atoms with E-state index in [2.05, 4.69) is 32.3 Å². The fourth-order valence-electron chi connectivity index (χ4n) is 3.95. The van der Waals surface area contributed by atoms with Crippen molar-refractivity contribution >= 4 is 41.5 Å². The fourth-order valence-corrected chi connectivity index (χ4v) is 3.95. The van der Waals surface area contributed by atoms with Gasteiger partial charge in [0, 0.05) is 77.6 Å². The first-order valence-corrected chi connectivity index (χ1v) is 11.2. The Hall–Kier alpha value is -1.62. The van der Waals surface area contributed by atoms with Gasteiger partial charge in [0.25, 0.3) is 0 Å². The van der Waals surface area contributed by atoms with Crippen LogP contribution in [0.3, 0.4) is 0 Å². The average molecular weight is 546 g/mol. The van der Waals surface area contributed by atoms with Crippen molar-refractivity contribution in [3.63, 3.8) is 0 Å². The standard InChI is InChI=1S/C22H35FN6O.HI/c1-2-24-22(25-10-4-13-29-12-3-5-21(29)30)26-11-14-27-15-17-28(18-16-27)20-8-6-19(23)7-9-20;/h6-9H,2-5,10-18H2,1H3,(H2,24,25,26);1H. The lowest BCUT2D eigenvalue weighted by Gasteiger charge is -2.36. The molecule has 174 valence electrons. The molecule has 31 heavy (non-hydrogen) atoms. The molecule has 1 aromatic carbocycles. The van der Waals surface area contributed by atoms with Gasteiger partial charge in [-0.3, -0.25) is 14.7 Å². The third kappa shape index (κ3) is 8.44. The summed E-state index contributed by atoms with van der Waals surface area (Å²) in [5.74, 6) is 0.935. The Morgan fingerprint density at radius 3 is 2.45 bits per heavy atom. The maximum absolute atomic E-state index is 13.1. The summed E-state index contributed by atoms with van der Waals surface area (Å²) in [5, 5.41) is 6.71. The number of aliphatic imine (C=N–C) groups is 1. The lowest BCUT2D eigenvalue weighted by molar-refractivity contribution is -0.127. The van der Waals surface area contributed by atoms with Crippen molar-refractivity contribution in [1.82, 2.24) is 20.4 Å². The largest absolute Gasteiger partial charge is 0.369 e. The van der Waals surface area contributed by atoms with Gasteiger partial charge < -0.3 is 20.4 Å². The zero-order valence-electron chi connectivity index (χ0n) is 18.5. The molecule has 0 atom stereocenters. The van der Waals surface area contributed by atoms with E-state index in [1.165, 1.54) is 12.1 Å². The number of amides is 1. The summed E-state index contributed by atoms with van der Waals surface area (Å²) in [4.78, 5) is 23.0. The van der Waals surface area contributed by atoms with E-state index in [-0.39, 0.29) is 35.7 Å². The molecule has 2 N–H and O–H groups in total. The van der Waals surface area contributed by atoms with Gasteiger partial charge in [0.15, 0.2) is 5.96 Å². The third-order valence-electron chi connectivity index (χ3n) is 5.66. The van der Waals surface area contributed by atoms with Gasteiger partial charge in [-0.05, 0) is 44.0 Å². The topological polar surface area (TPSA) is 63.2 Å². The first kappa shape index (κ1) is 25.6. The number of hydrogen-bond donors (Lipinski definition) is 2. The van der Waals surface area contributed by atoms with Crippen LogP contribution in [0.15, 0.2) is 29.3 Å². The molecule has 0 saturated carbocycles. The highest BCUT2D eigenvalue weighted by Crippen LogP contribution is 2.16. The van der Waals surface area contributed by atoms with Crippen LogP contribution in [0, 0.1) is 5.82 Å². The number of piperazine rings is 1. The normalized spacial score (nSPS) is 17.6. The minimum Gasteiger partial charge on any atom is -0.369 e. The minimum absolute atomic E-state index is 0. The number of benzene rings is 1. The lowest BCUT2D eigenvalue weighted by atomic mass is 10.2. The molecule has 3 rings (SSSR count). The summed E-state index contributed by atoms with van der Waals surface area (Å²) in [7, 11) is 0. The number of hydrogen-bond acceptors (Lipinski definition) is 4. The van der Waals surface area contributed by atoms with Gasteiger partial charge in [0.1, 0.15) is 5.82 Å². The van der Waals surface area contributed by atoms with Crippen molar-refractivity contribution in [3.8, 4) is 0 Å². The van der Waals surface area contributed by atoms with Gasteiger partial charge in [0.05, 0.1) is 0 Å². The predicted molar refractivity (Wildman–Crippen MR) is 135 cm³/mol. The van der Waals surface area contributed by atoms with E-state index in [9.17, 15) is 9.18 Å². The van der Waals surface area contributed by atoms with Gasteiger partial charge in [0.2, 0.25) is 5.91 Å². The first-order chi connectivity index (χ1) is 14.7. The molecule has 0 aromatic heterocycles. The summed E-state index contributed by atoms with van der Waals surface area (Å²) in [6.07, 6.45) is 2.59. The van der Waals surface area contributed by atoms with Crippen molar-refractivity contribution < 1.29 is 9.18 Å². The quantitative estimate of drug-likeness (QED) is 0.215. The van der Waals surface area contributed by atoms with E-state index >= 15 is 0 Å². The van der Waals surface area contributed by atoms with Gasteiger partial charge in [-0.25, -0.2) is 4.39 Å². The van der Waals surface area contributed by atoms with E-state index in [0.717, 1.165) is 89.9 Å². The Kier molecular flexibility index (Phi) is 11.3. The first-order valence-electron chi connectivity index (χ1n) is 11.2. The van der Waals surface area contributed by atoms with Crippen molar-refractivity contribution in [3.05, 3.63) is 30.1 Å². The predicted octanol–water partition coefficient (Wildman–Crippen LogP) is 2.13. The lowest BCUT2D eigenvalue weighted by Crippen LogP contribution is -2.49. The van der Waals surface area contributed by atoms with E-state index in [1.807, 2.05) is 17.0 Å². The van der Waals surface area contributed by atoms with Crippen LogP contribution in [0.1, 0.15) is 26.2 Å². The summed E-state index contributed by atoms with van der Waals surface area (Å²) in [6.45, 7) is 11.0. The second kappa shape index (κ2) is 13.7. The summed E-state index contributed by atoms with van der Waals surface area (Å²) < 4.78 is 13.1.